The average Bonchev–Trinajstić information content (AvgIpc) is 2.47. The molecule has 0 aliphatic heterocycles. The largest absolute Gasteiger partial charge is 0.378 e. The predicted octanol–water partition coefficient (Wildman–Crippen LogP) is 4.93. The summed E-state index contributed by atoms with van der Waals surface area (Å²) in [5.41, 5.74) is 6.39. The normalized spacial score (nSPS) is 12.0. The van der Waals surface area contributed by atoms with Crippen molar-refractivity contribution >= 4 is 11.4 Å². The Hall–Kier alpha value is -1.96. The van der Waals surface area contributed by atoms with Crippen molar-refractivity contribution in [1.82, 2.24) is 0 Å². The van der Waals surface area contributed by atoms with Gasteiger partial charge in [0, 0.05) is 25.5 Å². The van der Waals surface area contributed by atoms with E-state index in [1.165, 1.54) is 28.1 Å². The minimum absolute atomic E-state index is 0.356. The minimum atomic E-state index is 0.356. The fourth-order valence-electron chi connectivity index (χ4n) is 2.50. The summed E-state index contributed by atoms with van der Waals surface area (Å²) in [6.07, 6.45) is 1.07. The molecule has 112 valence electrons. The highest BCUT2D eigenvalue weighted by molar-refractivity contribution is 5.60. The Morgan fingerprint density at radius 3 is 2.19 bits per heavy atom. The molecular weight excluding hydrogens is 256 g/mol. The van der Waals surface area contributed by atoms with Crippen molar-refractivity contribution in [3.05, 3.63) is 59.2 Å². The van der Waals surface area contributed by atoms with Crippen molar-refractivity contribution in [2.45, 2.75) is 33.2 Å². The van der Waals surface area contributed by atoms with Crippen LogP contribution in [0, 0.1) is 13.8 Å². The number of benzene rings is 2. The van der Waals surface area contributed by atoms with E-state index in [4.69, 9.17) is 0 Å². The number of aryl methyl sites for hydroxylation is 2. The molecule has 0 spiro atoms. The van der Waals surface area contributed by atoms with Gasteiger partial charge in [0.2, 0.25) is 0 Å². The van der Waals surface area contributed by atoms with Crippen molar-refractivity contribution in [1.29, 1.82) is 0 Å². The van der Waals surface area contributed by atoms with Gasteiger partial charge in [-0.15, -0.1) is 0 Å². The summed E-state index contributed by atoms with van der Waals surface area (Å²) in [5.74, 6) is 0. The Morgan fingerprint density at radius 1 is 1.00 bits per heavy atom. The second-order valence-electron chi connectivity index (χ2n) is 5.91. The summed E-state index contributed by atoms with van der Waals surface area (Å²) < 4.78 is 0. The van der Waals surface area contributed by atoms with Gasteiger partial charge in [-0.25, -0.2) is 0 Å². The monoisotopic (exact) mass is 282 g/mol. The zero-order chi connectivity index (χ0) is 15.4. The fourth-order valence-corrected chi connectivity index (χ4v) is 2.50. The van der Waals surface area contributed by atoms with Gasteiger partial charge in [0.15, 0.2) is 0 Å². The molecule has 1 atom stereocenters. The molecule has 0 heterocycles. The summed E-state index contributed by atoms with van der Waals surface area (Å²) in [7, 11) is 4.14. The molecule has 0 aliphatic carbocycles. The van der Waals surface area contributed by atoms with Gasteiger partial charge in [-0.2, -0.15) is 0 Å². The fraction of sp³-hybridized carbons (Fsp3) is 0.368. The smallest absolute Gasteiger partial charge is 0.0511 e. The highest BCUT2D eigenvalue weighted by atomic mass is 15.1. The van der Waals surface area contributed by atoms with Crippen LogP contribution in [0.4, 0.5) is 11.4 Å². The Bertz CT molecular complexity index is 585. The van der Waals surface area contributed by atoms with Gasteiger partial charge in [-0.1, -0.05) is 36.8 Å². The van der Waals surface area contributed by atoms with Crippen LogP contribution in [0.2, 0.25) is 0 Å². The highest BCUT2D eigenvalue weighted by Gasteiger charge is 2.10. The standard InChI is InChI=1S/C19H26N2/c1-6-18(16-9-7-14(2)8-10-16)20-19-12-11-17(21(4)5)13-15(19)3/h7-13,18,20H,6H2,1-5H3. The first-order chi connectivity index (χ1) is 10.0. The van der Waals surface area contributed by atoms with E-state index in [9.17, 15) is 0 Å². The van der Waals surface area contributed by atoms with E-state index in [-0.39, 0.29) is 0 Å². The molecule has 0 aliphatic rings. The zero-order valence-corrected chi connectivity index (χ0v) is 13.8. The molecule has 0 amide bonds. The van der Waals surface area contributed by atoms with Crippen LogP contribution < -0.4 is 10.2 Å². The molecule has 2 aromatic rings. The Morgan fingerprint density at radius 2 is 1.67 bits per heavy atom. The van der Waals surface area contributed by atoms with E-state index in [2.05, 4.69) is 87.5 Å². The lowest BCUT2D eigenvalue weighted by molar-refractivity contribution is 0.748. The lowest BCUT2D eigenvalue weighted by Crippen LogP contribution is -2.12. The van der Waals surface area contributed by atoms with Crippen LogP contribution in [0.5, 0.6) is 0 Å². The molecule has 2 rings (SSSR count). The molecule has 0 bridgehead atoms. The van der Waals surface area contributed by atoms with Gasteiger partial charge in [0.25, 0.3) is 0 Å². The van der Waals surface area contributed by atoms with Gasteiger partial charge in [0.1, 0.15) is 0 Å². The van der Waals surface area contributed by atoms with Crippen LogP contribution in [0.25, 0.3) is 0 Å². The maximum atomic E-state index is 3.68. The average molecular weight is 282 g/mol. The van der Waals surface area contributed by atoms with E-state index in [1.54, 1.807) is 0 Å². The van der Waals surface area contributed by atoms with Crippen molar-refractivity contribution in [3.63, 3.8) is 0 Å². The third-order valence-corrected chi connectivity index (χ3v) is 3.94. The zero-order valence-electron chi connectivity index (χ0n) is 13.8. The van der Waals surface area contributed by atoms with Crippen molar-refractivity contribution in [3.8, 4) is 0 Å². The van der Waals surface area contributed by atoms with Crippen LogP contribution in [0.15, 0.2) is 42.5 Å². The van der Waals surface area contributed by atoms with Gasteiger partial charge in [-0.05, 0) is 49.6 Å². The molecular formula is C19H26N2. The van der Waals surface area contributed by atoms with Crippen molar-refractivity contribution in [2.24, 2.45) is 0 Å². The molecule has 0 saturated heterocycles. The quantitative estimate of drug-likeness (QED) is 0.836. The molecule has 0 radical (unpaired) electrons. The number of hydrogen-bond donors (Lipinski definition) is 1. The first-order valence-electron chi connectivity index (χ1n) is 7.62. The highest BCUT2D eigenvalue weighted by Crippen LogP contribution is 2.27. The lowest BCUT2D eigenvalue weighted by atomic mass is 10.0. The van der Waals surface area contributed by atoms with E-state index in [1.807, 2.05) is 0 Å². The first-order valence-corrected chi connectivity index (χ1v) is 7.62. The van der Waals surface area contributed by atoms with Gasteiger partial charge in [-0.3, -0.25) is 0 Å². The maximum absolute atomic E-state index is 3.68. The maximum Gasteiger partial charge on any atom is 0.0511 e. The molecule has 21 heavy (non-hydrogen) atoms. The van der Waals surface area contributed by atoms with Crippen LogP contribution in [0.1, 0.15) is 36.1 Å². The van der Waals surface area contributed by atoms with Crippen LogP contribution in [-0.2, 0) is 0 Å². The molecule has 2 nitrogen and oxygen atoms in total. The van der Waals surface area contributed by atoms with Crippen LogP contribution >= 0.6 is 0 Å². The SMILES string of the molecule is CCC(Nc1ccc(N(C)C)cc1C)c1ccc(C)cc1. The van der Waals surface area contributed by atoms with Crippen molar-refractivity contribution in [2.75, 3.05) is 24.3 Å². The molecule has 2 heteroatoms. The number of anilines is 2. The summed E-state index contributed by atoms with van der Waals surface area (Å²) in [4.78, 5) is 2.13. The molecule has 1 N–H and O–H groups in total. The van der Waals surface area contributed by atoms with Crippen molar-refractivity contribution < 1.29 is 0 Å². The predicted molar refractivity (Wildman–Crippen MR) is 93.3 cm³/mol. The van der Waals surface area contributed by atoms with Gasteiger partial charge in [0.05, 0.1) is 6.04 Å². The topological polar surface area (TPSA) is 15.3 Å². The third kappa shape index (κ3) is 3.78. The number of rotatable bonds is 5. The summed E-state index contributed by atoms with van der Waals surface area (Å²) in [5, 5.41) is 3.68. The van der Waals surface area contributed by atoms with E-state index < -0.39 is 0 Å². The molecule has 2 aromatic carbocycles. The molecule has 0 fully saturated rings. The molecule has 1 unspecified atom stereocenters. The second kappa shape index (κ2) is 6.66. The summed E-state index contributed by atoms with van der Waals surface area (Å²) in [6, 6.07) is 15.7. The summed E-state index contributed by atoms with van der Waals surface area (Å²) >= 11 is 0. The molecule has 0 saturated carbocycles. The second-order valence-corrected chi connectivity index (χ2v) is 5.91. The van der Waals surface area contributed by atoms with Gasteiger partial charge < -0.3 is 10.2 Å². The Labute approximate surface area is 128 Å². The minimum Gasteiger partial charge on any atom is -0.378 e. The van der Waals surface area contributed by atoms with E-state index in [0.717, 1.165) is 6.42 Å². The number of nitrogens with one attached hydrogen (secondary N) is 1. The molecule has 0 aromatic heterocycles. The lowest BCUT2D eigenvalue weighted by Gasteiger charge is -2.22. The van der Waals surface area contributed by atoms with Crippen LogP contribution in [0.3, 0.4) is 0 Å². The van der Waals surface area contributed by atoms with Gasteiger partial charge >= 0.3 is 0 Å². The van der Waals surface area contributed by atoms with Crippen LogP contribution in [-0.4, -0.2) is 14.1 Å². The van der Waals surface area contributed by atoms with E-state index >= 15 is 0 Å². The van der Waals surface area contributed by atoms with E-state index in [0.29, 0.717) is 6.04 Å². The summed E-state index contributed by atoms with van der Waals surface area (Å²) in [6.45, 7) is 6.51. The Kier molecular flexibility index (Phi) is 4.89. The first kappa shape index (κ1) is 15.4. The third-order valence-electron chi connectivity index (χ3n) is 3.94. The number of nitrogens with zero attached hydrogens (tertiary/aromatic N) is 1. The Balaban J connectivity index is 2.20. The number of hydrogen-bond acceptors (Lipinski definition) is 2.